The number of aliphatic hydroxyl groups is 6. The maximum Gasteiger partial charge on any atom is 0.167 e. The van der Waals surface area contributed by atoms with E-state index < -0.39 is 86.2 Å². The fourth-order valence-corrected chi connectivity index (χ4v) is 9.36. The molecule has 0 aliphatic carbocycles. The van der Waals surface area contributed by atoms with Gasteiger partial charge < -0.3 is 72.5 Å². The zero-order chi connectivity index (χ0) is 58.2. The van der Waals surface area contributed by atoms with E-state index in [9.17, 15) is 30.6 Å². The van der Waals surface area contributed by atoms with Crippen LogP contribution < -0.4 is 22.9 Å². The lowest BCUT2D eigenvalue weighted by Gasteiger charge is -2.16. The van der Waals surface area contributed by atoms with E-state index in [1.165, 1.54) is 53.4 Å². The van der Waals surface area contributed by atoms with Crippen molar-refractivity contribution in [3.8, 4) is 0 Å². The summed E-state index contributed by atoms with van der Waals surface area (Å²) in [6.07, 6.45) is 4.38. The van der Waals surface area contributed by atoms with Crippen molar-refractivity contribution < 1.29 is 49.6 Å². The van der Waals surface area contributed by atoms with E-state index >= 15 is 0 Å². The first kappa shape index (κ1) is 56.9. The molecule has 428 valence electrons. The van der Waals surface area contributed by atoms with Crippen molar-refractivity contribution in [2.75, 3.05) is 49.4 Å². The quantitative estimate of drug-likeness (QED) is 0.0415. The molecule has 4 aliphatic rings. The van der Waals surface area contributed by atoms with Crippen LogP contribution in [-0.4, -0.2) is 196 Å². The van der Waals surface area contributed by atoms with Gasteiger partial charge >= 0.3 is 0 Å². The summed E-state index contributed by atoms with van der Waals surface area (Å²) in [6.45, 7) is -1.15. The van der Waals surface area contributed by atoms with Gasteiger partial charge in [0.25, 0.3) is 0 Å². The number of imidazole rings is 4. The summed E-state index contributed by atoms with van der Waals surface area (Å²) in [5.74, 6) is 0.968. The second-order valence-electron chi connectivity index (χ2n) is 17.9. The molecule has 0 amide bonds. The minimum Gasteiger partial charge on any atom is -0.394 e. The van der Waals surface area contributed by atoms with Gasteiger partial charge in [-0.2, -0.15) is 0 Å². The lowest BCUT2D eigenvalue weighted by Crippen LogP contribution is -2.31. The van der Waals surface area contributed by atoms with E-state index in [4.69, 9.17) is 64.0 Å². The topological polar surface area (TPSA) is 632 Å². The second-order valence-corrected chi connectivity index (χ2v) is 17.9. The van der Waals surface area contributed by atoms with Crippen molar-refractivity contribution in [2.45, 2.75) is 98.5 Å². The van der Waals surface area contributed by atoms with Crippen LogP contribution in [0.1, 0.15) is 37.8 Å². The first-order valence-electron chi connectivity index (χ1n) is 24.1. The van der Waals surface area contributed by atoms with Crippen LogP contribution in [0.2, 0.25) is 0 Å². The summed E-state index contributed by atoms with van der Waals surface area (Å²) in [7, 11) is 0. The predicted octanol–water partition coefficient (Wildman–Crippen LogP) is -0.590. The number of rotatable bonds is 12. The number of nitrogen functional groups attached to an aromatic ring is 4. The number of nitrogens with two attached hydrogens (primary N) is 4. The summed E-state index contributed by atoms with van der Waals surface area (Å²) in [4.78, 5) is 59.2. The van der Waals surface area contributed by atoms with E-state index in [0.717, 1.165) is 0 Å². The molecule has 8 aromatic rings. The van der Waals surface area contributed by atoms with Crippen LogP contribution in [0.25, 0.3) is 86.4 Å². The zero-order valence-corrected chi connectivity index (χ0v) is 42.1. The summed E-state index contributed by atoms with van der Waals surface area (Å²) in [5, 5.41) is 71.6. The predicted molar refractivity (Wildman–Crippen MR) is 276 cm³/mol. The number of anilines is 4. The van der Waals surface area contributed by atoms with Crippen molar-refractivity contribution >= 4 is 67.9 Å². The summed E-state index contributed by atoms with van der Waals surface area (Å²) >= 11 is 0. The third kappa shape index (κ3) is 11.1. The van der Waals surface area contributed by atoms with Crippen molar-refractivity contribution in [1.82, 2.24) is 78.1 Å². The second kappa shape index (κ2) is 25.1. The monoisotopic (exact) mass is 1140 g/mol. The van der Waals surface area contributed by atoms with Crippen LogP contribution in [0.15, 0.2) is 71.1 Å². The van der Waals surface area contributed by atoms with Crippen LogP contribution in [-0.2, 0) is 18.9 Å². The lowest BCUT2D eigenvalue weighted by molar-refractivity contribution is -0.0488. The average molecular weight is 1140 g/mol. The average Bonchev–Trinajstić information content (AvgIpc) is 4.48. The molecule has 0 unspecified atom stereocenters. The van der Waals surface area contributed by atoms with E-state index in [-0.39, 0.29) is 49.2 Å². The normalized spacial score (nSPS) is 27.2. The molecule has 4 fully saturated rings. The number of azide groups is 4. The Balaban J connectivity index is 0.000000132. The Morgan fingerprint density at radius 2 is 0.854 bits per heavy atom. The third-order valence-electron chi connectivity index (χ3n) is 13.2. The maximum absolute atomic E-state index is 10.3. The standard InChI is InChI=1S/2C10H12N8O3.2C10H12N8O2/c11-8-6-9(14-2-13-8)18(3-15-6)10-5(16-17-12)7(20)4(1-19)21-10;11-8-6-9(14-2-13-8)18(3-15-6)10-7(20)5(16-17-12)4(1-19)21-10;11-9-8-10(14-3-13-9)18(4-15-8)7-1-5(16-17-12)6(2-19)20-7;11-8-7-9(14-3-13-8)18(4-15-7)10-6(16-17-12)1-5(2-19)20-10/h2*2-5,7,10,19-20H,1H2,(H2,11,13,14);3-7,19H,1-2H2,(H2,11,13,14);3-6,10,19H,1-2H2,(H2,11,13,14)/t2*4-,5-,7-,10-;5-,6+,7+;5-,6+,10+/m1100/s1. The lowest BCUT2D eigenvalue weighted by atomic mass is 10.1. The SMILES string of the molecule is [N-]=[N+]=N[C@@H]1C[C@@H](CO)O[C@H]1n1cnc2c(N)ncnc21.[N-]=[N+]=N[C@@H]1[C@H](O)[C@@H](CO)O[C@H]1n1cnc2c(N)ncnc21.[N-]=[N+]=N[C@H]1C[C@H](n2cnc3c(N)ncnc32)O[C@@H]1CO.[N-]=[N+]=N[C@H]1[C@@H](O)[C@H](n2cnc3c(N)ncnc32)O[C@@H]1CO. The molecule has 0 saturated carbocycles. The first-order valence-corrected chi connectivity index (χ1v) is 24.1. The summed E-state index contributed by atoms with van der Waals surface area (Å²) < 4.78 is 28.7. The fraction of sp³-hybridized carbons (Fsp3) is 0.500. The van der Waals surface area contributed by atoms with Gasteiger partial charge in [-0.25, -0.2) is 59.8 Å². The van der Waals surface area contributed by atoms with Crippen molar-refractivity contribution in [2.24, 2.45) is 20.5 Å². The largest absolute Gasteiger partial charge is 0.394 e. The smallest absolute Gasteiger partial charge is 0.167 e. The van der Waals surface area contributed by atoms with Gasteiger partial charge in [0.2, 0.25) is 0 Å². The molecule has 0 radical (unpaired) electrons. The Bertz CT molecular complexity index is 3740. The van der Waals surface area contributed by atoms with Crippen molar-refractivity contribution in [1.29, 1.82) is 0 Å². The van der Waals surface area contributed by atoms with Gasteiger partial charge in [0.05, 0.1) is 94.3 Å². The van der Waals surface area contributed by atoms with E-state index in [1.54, 1.807) is 15.5 Å². The molecule has 0 spiro atoms. The van der Waals surface area contributed by atoms with Crippen LogP contribution >= 0.6 is 0 Å². The third-order valence-corrected chi connectivity index (χ3v) is 13.2. The molecule has 42 heteroatoms. The van der Waals surface area contributed by atoms with E-state index in [2.05, 4.69) is 99.9 Å². The molecule has 0 bridgehead atoms. The molecule has 82 heavy (non-hydrogen) atoms. The zero-order valence-electron chi connectivity index (χ0n) is 42.1. The van der Waals surface area contributed by atoms with Crippen LogP contribution in [0.5, 0.6) is 0 Å². The highest BCUT2D eigenvalue weighted by Crippen LogP contribution is 2.37. The molecule has 4 saturated heterocycles. The molecule has 14 N–H and O–H groups in total. The van der Waals surface area contributed by atoms with E-state index in [1.807, 2.05) is 0 Å². The molecule has 0 aromatic carbocycles. The number of fused-ring (bicyclic) bond motifs is 4. The molecular formula is C40H48N32O10. The van der Waals surface area contributed by atoms with Crippen molar-refractivity contribution in [3.63, 3.8) is 0 Å². The molecule has 4 aliphatic heterocycles. The fourth-order valence-electron chi connectivity index (χ4n) is 9.36. The Morgan fingerprint density at radius 3 is 1.32 bits per heavy atom. The summed E-state index contributed by atoms with van der Waals surface area (Å²) in [5.41, 5.74) is 60.7. The van der Waals surface area contributed by atoms with Gasteiger partial charge in [0.15, 0.2) is 52.1 Å². The Hall–Kier alpha value is -9.76. The Morgan fingerprint density at radius 1 is 0.439 bits per heavy atom. The Labute approximate surface area is 455 Å². The summed E-state index contributed by atoms with van der Waals surface area (Å²) in [6, 6.07) is -2.68. The molecule has 8 aromatic heterocycles. The maximum atomic E-state index is 10.3. The van der Waals surface area contributed by atoms with Gasteiger partial charge in [-0.15, -0.1) is 0 Å². The number of aromatic nitrogens is 16. The minimum absolute atomic E-state index is 0.141. The minimum atomic E-state index is -1.15. The van der Waals surface area contributed by atoms with Gasteiger partial charge in [-0.1, -0.05) is 20.5 Å². The number of hydrogen-bond donors (Lipinski definition) is 10. The molecule has 12 heterocycles. The number of hydrogen-bond acceptors (Lipinski definition) is 30. The molecular weight excluding hydrogens is 1090 g/mol. The molecule has 42 nitrogen and oxygen atoms in total. The van der Waals surface area contributed by atoms with Gasteiger partial charge in [0.1, 0.15) is 84.3 Å². The van der Waals surface area contributed by atoms with Crippen LogP contribution in [0, 0.1) is 0 Å². The first-order chi connectivity index (χ1) is 39.8. The Kier molecular flexibility index (Phi) is 17.5. The van der Waals surface area contributed by atoms with Crippen molar-refractivity contribution in [3.05, 3.63) is 92.4 Å². The van der Waals surface area contributed by atoms with Gasteiger partial charge in [-0.3, -0.25) is 18.3 Å². The number of ether oxygens (including phenoxy) is 4. The highest BCUT2D eigenvalue weighted by Gasteiger charge is 2.46. The van der Waals surface area contributed by atoms with E-state index in [0.29, 0.717) is 57.5 Å². The highest BCUT2D eigenvalue weighted by atomic mass is 16.6. The number of nitrogens with zero attached hydrogens (tertiary/aromatic N) is 28. The van der Waals surface area contributed by atoms with Gasteiger partial charge in [-0.05, 0) is 28.5 Å². The molecule has 12 rings (SSSR count). The van der Waals surface area contributed by atoms with Crippen LogP contribution in [0.4, 0.5) is 23.3 Å². The molecule has 14 atom stereocenters. The highest BCUT2D eigenvalue weighted by molar-refractivity contribution is 5.83. The van der Waals surface area contributed by atoms with Gasteiger partial charge in [0, 0.05) is 26.1 Å². The van der Waals surface area contributed by atoms with Crippen LogP contribution in [0.3, 0.4) is 0 Å². The number of aliphatic hydroxyl groups excluding tert-OH is 6.